The minimum atomic E-state index is 0.0737. The first-order valence-corrected chi connectivity index (χ1v) is 5.17. The topological polar surface area (TPSA) is 91.3 Å². The van der Waals surface area contributed by atoms with Gasteiger partial charge in [-0.1, -0.05) is 5.16 Å². The summed E-state index contributed by atoms with van der Waals surface area (Å²) in [6.45, 7) is 2.75. The summed E-state index contributed by atoms with van der Waals surface area (Å²) in [7, 11) is 0. The van der Waals surface area contributed by atoms with Crippen LogP contribution in [0.5, 0.6) is 0 Å². The molecule has 1 rings (SSSR count). The normalized spacial score (nSPS) is 20.7. The molecule has 0 aromatic carbocycles. The molecule has 6 nitrogen and oxygen atoms in total. The van der Waals surface area contributed by atoms with Crippen LogP contribution in [0.4, 0.5) is 0 Å². The number of piperidine rings is 1. The Morgan fingerprint density at radius 2 is 2.13 bits per heavy atom. The molecule has 4 N–H and O–H groups in total. The van der Waals surface area contributed by atoms with Gasteiger partial charge in [-0.3, -0.25) is 4.90 Å². The molecule has 0 amide bonds. The molecule has 88 valence electrons. The number of aliphatic hydroxyl groups excluding tert-OH is 1. The second-order valence-electron chi connectivity index (χ2n) is 3.66. The van der Waals surface area contributed by atoms with Gasteiger partial charge in [0.25, 0.3) is 0 Å². The van der Waals surface area contributed by atoms with Gasteiger partial charge in [-0.05, 0) is 12.8 Å². The number of hydrogen-bond acceptors (Lipinski definition) is 5. The highest BCUT2D eigenvalue weighted by molar-refractivity contribution is 5.81. The van der Waals surface area contributed by atoms with E-state index >= 15 is 0 Å². The number of hydrogen-bond donors (Lipinski definition) is 3. The summed E-state index contributed by atoms with van der Waals surface area (Å²) in [5, 5.41) is 20.0. The lowest BCUT2D eigenvalue weighted by Gasteiger charge is -2.31. The first-order valence-electron chi connectivity index (χ1n) is 5.17. The first-order chi connectivity index (χ1) is 7.26. The molecule has 1 heterocycles. The van der Waals surface area contributed by atoms with E-state index in [1.54, 1.807) is 0 Å². The van der Waals surface area contributed by atoms with Crippen LogP contribution in [0.15, 0.2) is 5.16 Å². The number of nitrogens with zero attached hydrogens (tertiary/aromatic N) is 2. The number of ether oxygens (including phenoxy) is 1. The van der Waals surface area contributed by atoms with Gasteiger partial charge in [0.15, 0.2) is 5.84 Å². The van der Waals surface area contributed by atoms with Crippen LogP contribution in [0.1, 0.15) is 12.8 Å². The number of rotatable bonds is 5. The minimum Gasteiger partial charge on any atom is -0.409 e. The fourth-order valence-corrected chi connectivity index (χ4v) is 1.71. The number of oxime groups is 1. The van der Waals surface area contributed by atoms with Gasteiger partial charge in [0, 0.05) is 13.1 Å². The highest BCUT2D eigenvalue weighted by Crippen LogP contribution is 2.12. The lowest BCUT2D eigenvalue weighted by molar-refractivity contribution is -0.00543. The predicted molar refractivity (Wildman–Crippen MR) is 55.9 cm³/mol. The molecule has 1 aliphatic rings. The zero-order valence-electron chi connectivity index (χ0n) is 8.80. The van der Waals surface area contributed by atoms with Gasteiger partial charge in [-0.15, -0.1) is 0 Å². The summed E-state index contributed by atoms with van der Waals surface area (Å²) < 4.78 is 5.42. The fourth-order valence-electron chi connectivity index (χ4n) is 1.71. The van der Waals surface area contributed by atoms with E-state index in [1.807, 2.05) is 0 Å². The number of aliphatic hydroxyl groups is 1. The van der Waals surface area contributed by atoms with Crippen molar-refractivity contribution in [3.05, 3.63) is 0 Å². The molecule has 0 unspecified atom stereocenters. The van der Waals surface area contributed by atoms with E-state index in [1.165, 1.54) is 0 Å². The Morgan fingerprint density at radius 1 is 1.47 bits per heavy atom. The zero-order chi connectivity index (χ0) is 11.1. The Kier molecular flexibility index (Phi) is 5.38. The van der Waals surface area contributed by atoms with Crippen LogP contribution in [0.3, 0.4) is 0 Å². The average molecular weight is 217 g/mol. The summed E-state index contributed by atoms with van der Waals surface area (Å²) >= 11 is 0. The van der Waals surface area contributed by atoms with Crippen molar-refractivity contribution in [1.29, 1.82) is 0 Å². The van der Waals surface area contributed by atoms with E-state index in [-0.39, 0.29) is 18.5 Å². The van der Waals surface area contributed by atoms with E-state index in [0.717, 1.165) is 25.9 Å². The van der Waals surface area contributed by atoms with E-state index in [9.17, 15) is 0 Å². The largest absolute Gasteiger partial charge is 0.409 e. The van der Waals surface area contributed by atoms with Crippen molar-refractivity contribution < 1.29 is 15.1 Å². The van der Waals surface area contributed by atoms with E-state index in [4.69, 9.17) is 20.8 Å². The van der Waals surface area contributed by atoms with Crippen LogP contribution in [0.25, 0.3) is 0 Å². The van der Waals surface area contributed by atoms with Crippen LogP contribution in [-0.4, -0.2) is 60.0 Å². The maximum Gasteiger partial charge on any atom is 0.153 e. The van der Waals surface area contributed by atoms with Crippen molar-refractivity contribution in [2.75, 3.05) is 32.8 Å². The van der Waals surface area contributed by atoms with Crippen molar-refractivity contribution in [1.82, 2.24) is 4.90 Å². The second kappa shape index (κ2) is 6.60. The molecule has 1 saturated heterocycles. The quantitative estimate of drug-likeness (QED) is 0.243. The molecular weight excluding hydrogens is 198 g/mol. The van der Waals surface area contributed by atoms with Gasteiger partial charge in [-0.25, -0.2) is 0 Å². The molecule has 0 aliphatic carbocycles. The average Bonchev–Trinajstić information content (AvgIpc) is 2.28. The molecule has 0 atom stereocenters. The van der Waals surface area contributed by atoms with Gasteiger partial charge in [0.05, 0.1) is 25.9 Å². The molecule has 0 saturated carbocycles. The Bertz CT molecular complexity index is 203. The summed E-state index contributed by atoms with van der Waals surface area (Å²) in [4.78, 5) is 2.12. The maximum atomic E-state index is 8.60. The van der Waals surface area contributed by atoms with E-state index < -0.39 is 0 Å². The van der Waals surface area contributed by atoms with Crippen LogP contribution < -0.4 is 5.73 Å². The predicted octanol–water partition coefficient (Wildman–Crippen LogP) is -0.794. The van der Waals surface area contributed by atoms with Crippen molar-refractivity contribution in [2.24, 2.45) is 10.9 Å². The summed E-state index contributed by atoms with van der Waals surface area (Å²) in [5.74, 6) is 0.240. The van der Waals surface area contributed by atoms with Crippen molar-refractivity contribution >= 4 is 5.84 Å². The van der Waals surface area contributed by atoms with Crippen molar-refractivity contribution in [2.45, 2.75) is 18.9 Å². The fraction of sp³-hybridized carbons (Fsp3) is 0.889. The number of amidine groups is 1. The van der Waals surface area contributed by atoms with Crippen LogP contribution in [0.2, 0.25) is 0 Å². The van der Waals surface area contributed by atoms with Gasteiger partial charge < -0.3 is 20.8 Å². The molecule has 1 aliphatic heterocycles. The van der Waals surface area contributed by atoms with Gasteiger partial charge in [-0.2, -0.15) is 0 Å². The zero-order valence-corrected chi connectivity index (χ0v) is 8.80. The third-order valence-electron chi connectivity index (χ3n) is 2.49. The van der Waals surface area contributed by atoms with Crippen molar-refractivity contribution in [3.63, 3.8) is 0 Å². The Hall–Kier alpha value is -0.850. The summed E-state index contributed by atoms with van der Waals surface area (Å²) in [6, 6.07) is 0. The van der Waals surface area contributed by atoms with Gasteiger partial charge >= 0.3 is 0 Å². The van der Waals surface area contributed by atoms with E-state index in [2.05, 4.69) is 10.1 Å². The Morgan fingerprint density at radius 3 is 2.67 bits per heavy atom. The minimum absolute atomic E-state index is 0.0737. The first kappa shape index (κ1) is 12.2. The molecule has 1 fully saturated rings. The highest BCUT2D eigenvalue weighted by Gasteiger charge is 2.19. The lowest BCUT2D eigenvalue weighted by Crippen LogP contribution is -2.41. The van der Waals surface area contributed by atoms with Crippen LogP contribution >= 0.6 is 0 Å². The molecule has 6 heteroatoms. The van der Waals surface area contributed by atoms with E-state index in [0.29, 0.717) is 13.2 Å². The Labute approximate surface area is 89.3 Å². The molecule has 15 heavy (non-hydrogen) atoms. The summed E-state index contributed by atoms with van der Waals surface area (Å²) in [6.07, 6.45) is 2.10. The third-order valence-corrected chi connectivity index (χ3v) is 2.49. The van der Waals surface area contributed by atoms with Crippen LogP contribution in [0, 0.1) is 0 Å². The maximum absolute atomic E-state index is 8.60. The lowest BCUT2D eigenvalue weighted by atomic mass is 10.1. The molecule has 0 spiro atoms. The summed E-state index contributed by atoms with van der Waals surface area (Å²) in [5.41, 5.74) is 5.41. The molecule has 0 radical (unpaired) electrons. The van der Waals surface area contributed by atoms with Crippen molar-refractivity contribution in [3.8, 4) is 0 Å². The molecule has 0 aromatic rings. The van der Waals surface area contributed by atoms with Gasteiger partial charge in [0.1, 0.15) is 0 Å². The monoisotopic (exact) mass is 217 g/mol. The second-order valence-corrected chi connectivity index (χ2v) is 3.66. The standard InChI is InChI=1S/C9H19N3O3/c10-9(11-14)7-12-3-1-8(2-4-12)15-6-5-13/h8,13-14H,1-7H2,(H2,10,11). The number of nitrogens with two attached hydrogens (primary N) is 1. The molecular formula is C9H19N3O3. The highest BCUT2D eigenvalue weighted by atomic mass is 16.5. The van der Waals surface area contributed by atoms with Crippen LogP contribution in [-0.2, 0) is 4.74 Å². The number of likely N-dealkylation sites (tertiary alicyclic amines) is 1. The Balaban J connectivity index is 2.18. The van der Waals surface area contributed by atoms with Gasteiger partial charge in [0.2, 0.25) is 0 Å². The SMILES string of the molecule is NC(CN1CCC(OCCO)CC1)=NO. The molecule has 0 bridgehead atoms. The third kappa shape index (κ3) is 4.46. The smallest absolute Gasteiger partial charge is 0.153 e. The molecule has 0 aromatic heterocycles.